The summed E-state index contributed by atoms with van der Waals surface area (Å²) in [4.78, 5) is 12.9. The zero-order chi connectivity index (χ0) is 18.4. The molecular weight excluding hydrogens is 390 g/mol. The van der Waals surface area contributed by atoms with Gasteiger partial charge < -0.3 is 10.1 Å². The molecule has 0 bridgehead atoms. The van der Waals surface area contributed by atoms with Gasteiger partial charge in [0.05, 0.1) is 18.4 Å². The Morgan fingerprint density at radius 3 is 2.58 bits per heavy atom. The Kier molecular flexibility index (Phi) is 6.08. The SMILES string of the molecule is Cc1ccc(C(=O)c2ccccc2Nc2[c]c(OCCBr)ccc2)cc1. The van der Waals surface area contributed by atoms with E-state index >= 15 is 0 Å². The molecule has 0 unspecified atom stereocenters. The Morgan fingerprint density at radius 1 is 1.04 bits per heavy atom. The number of aryl methyl sites for hydroxylation is 1. The number of alkyl halides is 1. The molecule has 1 radical (unpaired) electrons. The molecule has 0 spiro atoms. The van der Waals surface area contributed by atoms with Gasteiger partial charge in [0.15, 0.2) is 5.78 Å². The molecule has 0 saturated heterocycles. The van der Waals surface area contributed by atoms with Crippen molar-refractivity contribution in [3.8, 4) is 5.75 Å². The van der Waals surface area contributed by atoms with Crippen LogP contribution in [0.25, 0.3) is 0 Å². The molecule has 26 heavy (non-hydrogen) atoms. The fourth-order valence-electron chi connectivity index (χ4n) is 2.55. The largest absolute Gasteiger partial charge is 0.492 e. The predicted molar refractivity (Wildman–Crippen MR) is 109 cm³/mol. The van der Waals surface area contributed by atoms with Crippen LogP contribution in [0.4, 0.5) is 11.4 Å². The van der Waals surface area contributed by atoms with E-state index in [1.165, 1.54) is 0 Å². The lowest BCUT2D eigenvalue weighted by Gasteiger charge is -2.12. The minimum atomic E-state index is -0.0141. The summed E-state index contributed by atoms with van der Waals surface area (Å²) in [7, 11) is 0. The van der Waals surface area contributed by atoms with Crippen LogP contribution >= 0.6 is 15.9 Å². The summed E-state index contributed by atoms with van der Waals surface area (Å²) >= 11 is 3.34. The molecule has 0 amide bonds. The highest BCUT2D eigenvalue weighted by Gasteiger charge is 2.13. The van der Waals surface area contributed by atoms with E-state index in [4.69, 9.17) is 4.74 Å². The maximum Gasteiger partial charge on any atom is 0.195 e. The highest BCUT2D eigenvalue weighted by molar-refractivity contribution is 9.09. The standard InChI is InChI=1S/C22H19BrNO2/c1-16-9-11-17(12-10-16)22(25)20-7-2-3-8-21(20)24-18-5-4-6-19(15-18)26-14-13-23/h2-12,24H,13-14H2,1H3. The van der Waals surface area contributed by atoms with E-state index in [1.807, 2.05) is 73.7 Å². The van der Waals surface area contributed by atoms with E-state index in [-0.39, 0.29) is 5.78 Å². The summed E-state index contributed by atoms with van der Waals surface area (Å²) < 4.78 is 5.58. The smallest absolute Gasteiger partial charge is 0.195 e. The zero-order valence-electron chi connectivity index (χ0n) is 14.5. The van der Waals surface area contributed by atoms with Crippen molar-refractivity contribution in [3.05, 3.63) is 89.5 Å². The van der Waals surface area contributed by atoms with Gasteiger partial charge in [-0.25, -0.2) is 0 Å². The molecule has 0 atom stereocenters. The second-order valence-electron chi connectivity index (χ2n) is 5.83. The monoisotopic (exact) mass is 408 g/mol. The molecule has 0 saturated carbocycles. The number of ketones is 1. The van der Waals surface area contributed by atoms with Gasteiger partial charge in [-0.3, -0.25) is 4.79 Å². The van der Waals surface area contributed by atoms with E-state index in [2.05, 4.69) is 27.3 Å². The van der Waals surface area contributed by atoms with Crippen molar-refractivity contribution in [2.75, 3.05) is 17.3 Å². The Labute approximate surface area is 162 Å². The van der Waals surface area contributed by atoms with Gasteiger partial charge in [0.1, 0.15) is 5.75 Å². The second kappa shape index (κ2) is 8.68. The summed E-state index contributed by atoms with van der Waals surface area (Å²) in [6.07, 6.45) is 0. The summed E-state index contributed by atoms with van der Waals surface area (Å²) in [5.41, 5.74) is 3.91. The Bertz CT molecular complexity index is 891. The number of hydrogen-bond donors (Lipinski definition) is 1. The minimum absolute atomic E-state index is 0.0141. The molecular formula is C22H19BrNO2. The van der Waals surface area contributed by atoms with E-state index in [0.29, 0.717) is 23.5 Å². The summed E-state index contributed by atoms with van der Waals surface area (Å²) in [5.74, 6) is 0.650. The minimum Gasteiger partial charge on any atom is -0.492 e. The number of para-hydroxylation sites is 1. The molecule has 0 heterocycles. The lowest BCUT2D eigenvalue weighted by atomic mass is 10.0. The van der Waals surface area contributed by atoms with Gasteiger partial charge in [-0.1, -0.05) is 64.0 Å². The normalized spacial score (nSPS) is 10.4. The van der Waals surface area contributed by atoms with Crippen molar-refractivity contribution in [2.45, 2.75) is 6.92 Å². The number of anilines is 2. The van der Waals surface area contributed by atoms with E-state index < -0.39 is 0 Å². The van der Waals surface area contributed by atoms with Crippen LogP contribution in [0, 0.1) is 13.0 Å². The number of carbonyl (C=O) groups excluding carboxylic acids is 1. The summed E-state index contributed by atoms with van der Waals surface area (Å²) in [6, 6.07) is 23.9. The van der Waals surface area contributed by atoms with Crippen LogP contribution < -0.4 is 10.1 Å². The van der Waals surface area contributed by atoms with E-state index in [9.17, 15) is 4.79 Å². The molecule has 4 heteroatoms. The van der Waals surface area contributed by atoms with Crippen LogP contribution in [0.15, 0.2) is 66.7 Å². The molecule has 0 aliphatic heterocycles. The van der Waals surface area contributed by atoms with Crippen molar-refractivity contribution < 1.29 is 9.53 Å². The van der Waals surface area contributed by atoms with Crippen LogP contribution in [0.2, 0.25) is 0 Å². The lowest BCUT2D eigenvalue weighted by molar-refractivity contribution is 0.103. The van der Waals surface area contributed by atoms with Crippen LogP contribution in [0.1, 0.15) is 21.5 Å². The van der Waals surface area contributed by atoms with Gasteiger partial charge in [0, 0.05) is 22.1 Å². The second-order valence-corrected chi connectivity index (χ2v) is 6.62. The van der Waals surface area contributed by atoms with E-state index in [0.717, 1.165) is 22.3 Å². The van der Waals surface area contributed by atoms with Gasteiger partial charge in [-0.15, -0.1) is 0 Å². The number of carbonyl (C=O) groups is 1. The fraction of sp³-hybridized carbons (Fsp3) is 0.136. The molecule has 0 aromatic heterocycles. The predicted octanol–water partition coefficient (Wildman–Crippen LogP) is 5.54. The molecule has 3 aromatic carbocycles. The first-order chi connectivity index (χ1) is 12.7. The quantitative estimate of drug-likeness (QED) is 0.411. The third kappa shape index (κ3) is 4.52. The summed E-state index contributed by atoms with van der Waals surface area (Å²) in [6.45, 7) is 2.58. The number of ether oxygens (including phenoxy) is 1. The third-order valence-corrected chi connectivity index (χ3v) is 4.18. The van der Waals surface area contributed by atoms with Crippen LogP contribution in [-0.2, 0) is 0 Å². The fourth-order valence-corrected chi connectivity index (χ4v) is 2.71. The number of halogens is 1. The molecule has 3 aromatic rings. The average Bonchev–Trinajstić information content (AvgIpc) is 2.67. The molecule has 0 aliphatic carbocycles. The molecule has 1 N–H and O–H groups in total. The van der Waals surface area contributed by atoms with Crippen LogP contribution in [0.3, 0.4) is 0 Å². The lowest BCUT2D eigenvalue weighted by Crippen LogP contribution is -2.05. The van der Waals surface area contributed by atoms with Gasteiger partial charge in [-0.05, 0) is 31.2 Å². The van der Waals surface area contributed by atoms with Crippen molar-refractivity contribution >= 4 is 33.1 Å². The van der Waals surface area contributed by atoms with Gasteiger partial charge in [0.2, 0.25) is 0 Å². The van der Waals surface area contributed by atoms with E-state index in [1.54, 1.807) is 0 Å². The highest BCUT2D eigenvalue weighted by atomic mass is 79.9. The number of rotatable bonds is 7. The van der Waals surface area contributed by atoms with Crippen LogP contribution in [-0.4, -0.2) is 17.7 Å². The first-order valence-corrected chi connectivity index (χ1v) is 9.48. The van der Waals surface area contributed by atoms with Crippen molar-refractivity contribution in [1.82, 2.24) is 0 Å². The third-order valence-electron chi connectivity index (χ3n) is 3.86. The Balaban J connectivity index is 1.85. The topological polar surface area (TPSA) is 38.3 Å². The van der Waals surface area contributed by atoms with Crippen molar-refractivity contribution in [1.29, 1.82) is 0 Å². The molecule has 131 valence electrons. The molecule has 0 fully saturated rings. The molecule has 3 rings (SSSR count). The van der Waals surface area contributed by atoms with Crippen molar-refractivity contribution in [2.24, 2.45) is 0 Å². The number of benzene rings is 3. The zero-order valence-corrected chi connectivity index (χ0v) is 16.0. The maximum absolute atomic E-state index is 12.9. The van der Waals surface area contributed by atoms with Gasteiger partial charge in [-0.2, -0.15) is 0 Å². The van der Waals surface area contributed by atoms with Crippen molar-refractivity contribution in [3.63, 3.8) is 0 Å². The summed E-state index contributed by atoms with van der Waals surface area (Å²) in [5, 5.41) is 4.04. The van der Waals surface area contributed by atoms with Gasteiger partial charge in [0.25, 0.3) is 0 Å². The Morgan fingerprint density at radius 2 is 1.81 bits per heavy atom. The number of hydrogen-bond acceptors (Lipinski definition) is 3. The Hall–Kier alpha value is -2.59. The first-order valence-electron chi connectivity index (χ1n) is 8.36. The van der Waals surface area contributed by atoms with Gasteiger partial charge >= 0.3 is 0 Å². The first kappa shape index (κ1) is 18.2. The highest BCUT2D eigenvalue weighted by Crippen LogP contribution is 2.25. The molecule has 3 nitrogen and oxygen atoms in total. The molecule has 0 aliphatic rings. The average molecular weight is 409 g/mol. The number of nitrogens with one attached hydrogen (secondary N) is 1. The van der Waals surface area contributed by atoms with Crippen LogP contribution in [0.5, 0.6) is 5.75 Å². The maximum atomic E-state index is 12.9.